The Hall–Kier alpha value is -1.90. The van der Waals surface area contributed by atoms with Gasteiger partial charge in [-0.2, -0.15) is 0 Å². The van der Waals surface area contributed by atoms with Gasteiger partial charge in [-0.25, -0.2) is 8.42 Å². The average molecular weight is 394 g/mol. The van der Waals surface area contributed by atoms with Crippen LogP contribution in [-0.2, 0) is 21.2 Å². The summed E-state index contributed by atoms with van der Waals surface area (Å²) < 4.78 is 27.3. The molecule has 0 bridgehead atoms. The number of nitrogens with one attached hydrogen (secondary N) is 2. The Kier molecular flexibility index (Phi) is 5.95. The van der Waals surface area contributed by atoms with E-state index in [-0.39, 0.29) is 10.1 Å². The van der Waals surface area contributed by atoms with E-state index in [2.05, 4.69) is 10.0 Å². The molecule has 0 spiro atoms. The molecule has 0 aliphatic carbocycles. The average Bonchev–Trinajstić information content (AvgIpc) is 3.19. The van der Waals surface area contributed by atoms with Gasteiger partial charge in [0.15, 0.2) is 0 Å². The zero-order chi connectivity index (χ0) is 18.6. The zero-order valence-electron chi connectivity index (χ0n) is 14.6. The van der Waals surface area contributed by atoms with Crippen LogP contribution in [0.4, 0.5) is 5.69 Å². The molecule has 26 heavy (non-hydrogen) atoms. The number of nitrogens with zero attached hydrogens (tertiary/aromatic N) is 1. The molecule has 1 aromatic carbocycles. The number of amides is 1. The van der Waals surface area contributed by atoms with Crippen molar-refractivity contribution < 1.29 is 13.2 Å². The van der Waals surface area contributed by atoms with Crippen LogP contribution in [0, 0.1) is 0 Å². The molecule has 8 heteroatoms. The first-order chi connectivity index (χ1) is 12.5. The maximum Gasteiger partial charge on any atom is 0.271 e. The van der Waals surface area contributed by atoms with E-state index in [1.807, 2.05) is 11.9 Å². The Labute approximate surface area is 158 Å². The fourth-order valence-corrected chi connectivity index (χ4v) is 5.09. The van der Waals surface area contributed by atoms with Crippen molar-refractivity contribution in [2.45, 2.75) is 29.5 Å². The van der Waals surface area contributed by atoms with Gasteiger partial charge >= 0.3 is 0 Å². The van der Waals surface area contributed by atoms with Crippen LogP contribution in [0.5, 0.6) is 0 Å². The number of anilines is 1. The monoisotopic (exact) mass is 393 g/mol. The summed E-state index contributed by atoms with van der Waals surface area (Å²) in [6, 6.07) is 10.6. The summed E-state index contributed by atoms with van der Waals surface area (Å²) in [7, 11) is -1.62. The van der Waals surface area contributed by atoms with Gasteiger partial charge in [0.2, 0.25) is 5.91 Å². The van der Waals surface area contributed by atoms with Gasteiger partial charge in [-0.1, -0.05) is 18.2 Å². The second kappa shape index (κ2) is 8.20. The van der Waals surface area contributed by atoms with Crippen molar-refractivity contribution in [3.63, 3.8) is 0 Å². The van der Waals surface area contributed by atoms with Gasteiger partial charge in [0.1, 0.15) is 4.21 Å². The third kappa shape index (κ3) is 4.63. The lowest BCUT2D eigenvalue weighted by Crippen LogP contribution is -2.47. The quantitative estimate of drug-likeness (QED) is 0.789. The van der Waals surface area contributed by atoms with Gasteiger partial charge in [0, 0.05) is 24.8 Å². The summed E-state index contributed by atoms with van der Waals surface area (Å²) in [6.45, 7) is 1.55. The number of carbonyl (C=O) groups excluding carboxylic acids is 1. The van der Waals surface area contributed by atoms with Crippen molar-refractivity contribution in [2.75, 3.05) is 24.9 Å². The van der Waals surface area contributed by atoms with Crippen molar-refractivity contribution in [3.05, 3.63) is 47.3 Å². The van der Waals surface area contributed by atoms with E-state index in [0.717, 1.165) is 31.5 Å². The lowest BCUT2D eigenvalue weighted by molar-refractivity contribution is -0.131. The number of likely N-dealkylation sites (tertiary alicyclic amines) is 1. The van der Waals surface area contributed by atoms with Crippen molar-refractivity contribution in [1.29, 1.82) is 0 Å². The number of likely N-dealkylation sites (N-methyl/N-ethyl adjacent to an activating group) is 1. The Morgan fingerprint density at radius 1 is 1.27 bits per heavy atom. The van der Waals surface area contributed by atoms with Gasteiger partial charge in [-0.05, 0) is 49.0 Å². The second-order valence-corrected chi connectivity index (χ2v) is 9.24. The van der Waals surface area contributed by atoms with Gasteiger partial charge < -0.3 is 10.2 Å². The first-order valence-electron chi connectivity index (χ1n) is 8.58. The Bertz CT molecular complexity index is 833. The van der Waals surface area contributed by atoms with Gasteiger partial charge in [0.25, 0.3) is 10.0 Å². The number of hydrogen-bond acceptors (Lipinski definition) is 5. The molecule has 2 heterocycles. The fraction of sp³-hybridized carbons (Fsp3) is 0.389. The predicted molar refractivity (Wildman–Crippen MR) is 104 cm³/mol. The predicted octanol–water partition coefficient (Wildman–Crippen LogP) is 2.30. The molecule has 2 aromatic rings. The number of rotatable bonds is 6. The summed E-state index contributed by atoms with van der Waals surface area (Å²) >= 11 is 1.17. The van der Waals surface area contributed by atoms with Crippen LogP contribution in [0.15, 0.2) is 46.0 Å². The van der Waals surface area contributed by atoms with Crippen molar-refractivity contribution in [2.24, 2.45) is 0 Å². The number of thiophene rings is 1. The summed E-state index contributed by atoms with van der Waals surface area (Å²) in [5, 5.41) is 4.96. The molecule has 1 atom stereocenters. The summed E-state index contributed by atoms with van der Waals surface area (Å²) in [5.41, 5.74) is 1.36. The van der Waals surface area contributed by atoms with Crippen molar-refractivity contribution in [3.8, 4) is 0 Å². The van der Waals surface area contributed by atoms with Gasteiger partial charge in [0.05, 0.1) is 6.42 Å². The van der Waals surface area contributed by atoms with E-state index in [4.69, 9.17) is 0 Å². The molecule has 1 unspecified atom stereocenters. The number of carbonyl (C=O) groups is 1. The first kappa shape index (κ1) is 18.9. The molecule has 0 radical (unpaired) electrons. The van der Waals surface area contributed by atoms with Crippen LogP contribution >= 0.6 is 11.3 Å². The SMILES string of the molecule is CNC1CCCN(C(=O)Cc2ccc(NS(=O)(=O)c3cccs3)cc2)C1. The smallest absolute Gasteiger partial charge is 0.271 e. The number of benzene rings is 1. The second-order valence-electron chi connectivity index (χ2n) is 6.38. The number of piperidine rings is 1. The highest BCUT2D eigenvalue weighted by Gasteiger charge is 2.22. The maximum atomic E-state index is 12.5. The van der Waals surface area contributed by atoms with Crippen LogP contribution in [-0.4, -0.2) is 45.4 Å². The molecule has 1 fully saturated rings. The minimum Gasteiger partial charge on any atom is -0.341 e. The van der Waals surface area contributed by atoms with Crippen molar-refractivity contribution >= 4 is 33.0 Å². The lowest BCUT2D eigenvalue weighted by atomic mass is 10.0. The molecule has 1 amide bonds. The lowest BCUT2D eigenvalue weighted by Gasteiger charge is -2.32. The van der Waals surface area contributed by atoms with Crippen LogP contribution in [0.3, 0.4) is 0 Å². The minimum absolute atomic E-state index is 0.108. The van der Waals surface area contributed by atoms with E-state index in [0.29, 0.717) is 18.2 Å². The van der Waals surface area contributed by atoms with E-state index >= 15 is 0 Å². The molecule has 2 N–H and O–H groups in total. The topological polar surface area (TPSA) is 78.5 Å². The van der Waals surface area contributed by atoms with Crippen molar-refractivity contribution in [1.82, 2.24) is 10.2 Å². The number of sulfonamides is 1. The normalized spacial score (nSPS) is 17.9. The standard InChI is InChI=1S/C18H23N3O3S2/c1-19-16-4-2-10-21(13-16)17(22)12-14-6-8-15(9-7-14)20-26(23,24)18-5-3-11-25-18/h3,5-9,11,16,19-20H,2,4,10,12-13H2,1H3. The highest BCUT2D eigenvalue weighted by Crippen LogP contribution is 2.21. The molecule has 1 saturated heterocycles. The van der Waals surface area contributed by atoms with Crippen LogP contribution in [0.25, 0.3) is 0 Å². The molecule has 3 rings (SSSR count). The largest absolute Gasteiger partial charge is 0.341 e. The molecule has 1 aliphatic rings. The van der Waals surface area contributed by atoms with E-state index < -0.39 is 10.0 Å². The Balaban J connectivity index is 1.60. The molecular weight excluding hydrogens is 370 g/mol. The Morgan fingerprint density at radius 2 is 2.04 bits per heavy atom. The van der Waals surface area contributed by atoms with Crippen LogP contribution < -0.4 is 10.0 Å². The summed E-state index contributed by atoms with van der Waals surface area (Å²) in [5.74, 6) is 0.108. The van der Waals surface area contributed by atoms with Crippen LogP contribution in [0.1, 0.15) is 18.4 Å². The molecule has 1 aromatic heterocycles. The molecular formula is C18H23N3O3S2. The van der Waals surface area contributed by atoms with Gasteiger partial charge in [-0.3, -0.25) is 9.52 Å². The first-order valence-corrected chi connectivity index (χ1v) is 10.9. The zero-order valence-corrected chi connectivity index (χ0v) is 16.3. The maximum absolute atomic E-state index is 12.5. The third-order valence-electron chi connectivity index (χ3n) is 4.50. The molecule has 1 aliphatic heterocycles. The molecule has 140 valence electrons. The van der Waals surface area contributed by atoms with E-state index in [9.17, 15) is 13.2 Å². The Morgan fingerprint density at radius 3 is 2.69 bits per heavy atom. The fourth-order valence-electron chi connectivity index (χ4n) is 3.04. The highest BCUT2D eigenvalue weighted by atomic mass is 32.2. The summed E-state index contributed by atoms with van der Waals surface area (Å²) in [4.78, 5) is 14.4. The van der Waals surface area contributed by atoms with E-state index in [1.54, 1.807) is 41.8 Å². The van der Waals surface area contributed by atoms with E-state index in [1.165, 1.54) is 11.3 Å². The number of hydrogen-bond donors (Lipinski definition) is 2. The van der Waals surface area contributed by atoms with Crippen LogP contribution in [0.2, 0.25) is 0 Å². The summed E-state index contributed by atoms with van der Waals surface area (Å²) in [6.07, 6.45) is 2.44. The minimum atomic E-state index is -3.55. The molecule has 6 nitrogen and oxygen atoms in total. The third-order valence-corrected chi connectivity index (χ3v) is 7.28. The highest BCUT2D eigenvalue weighted by molar-refractivity contribution is 7.94. The molecule has 0 saturated carbocycles. The van der Waals surface area contributed by atoms with Gasteiger partial charge in [-0.15, -0.1) is 11.3 Å².